The Morgan fingerprint density at radius 1 is 0.962 bits per heavy atom. The van der Waals surface area contributed by atoms with Crippen molar-refractivity contribution in [2.75, 3.05) is 33.0 Å². The first kappa shape index (κ1) is 21.8. The van der Waals surface area contributed by atoms with E-state index in [0.29, 0.717) is 44.3 Å². The largest absolute Gasteiger partial charge is 0.491 e. The van der Waals surface area contributed by atoms with Gasteiger partial charge in [-0.25, -0.2) is 0 Å². The van der Waals surface area contributed by atoms with E-state index in [1.807, 2.05) is 13.8 Å². The van der Waals surface area contributed by atoms with E-state index in [2.05, 4.69) is 16.2 Å². The van der Waals surface area contributed by atoms with Gasteiger partial charge in [0.2, 0.25) is 5.91 Å². The Hall–Kier alpha value is -2.23. The Morgan fingerprint density at radius 3 is 2.27 bits per heavy atom. The van der Waals surface area contributed by atoms with Gasteiger partial charge in [-0.3, -0.25) is 25.8 Å². The Bertz CT molecular complexity index is 580. The molecule has 0 aromatic heterocycles. The van der Waals surface area contributed by atoms with Gasteiger partial charge < -0.3 is 14.2 Å². The summed E-state index contributed by atoms with van der Waals surface area (Å²) in [7, 11) is 0. The smallest absolute Gasteiger partial charge is 0.257 e. The summed E-state index contributed by atoms with van der Waals surface area (Å²) in [4.78, 5) is 23.6. The minimum absolute atomic E-state index is 0.00296. The zero-order valence-corrected chi connectivity index (χ0v) is 15.8. The van der Waals surface area contributed by atoms with Gasteiger partial charge in [-0.05, 0) is 50.3 Å². The predicted octanol–water partition coefficient (Wildman–Crippen LogP) is 1.16. The van der Waals surface area contributed by atoms with Crippen molar-refractivity contribution in [2.24, 2.45) is 0 Å². The van der Waals surface area contributed by atoms with Gasteiger partial charge in [-0.15, -0.1) is 0 Å². The quantitative estimate of drug-likeness (QED) is 0.317. The van der Waals surface area contributed by atoms with Crippen molar-refractivity contribution in [1.82, 2.24) is 16.2 Å². The number of hydrogen-bond acceptors (Lipinski definition) is 6. The highest BCUT2D eigenvalue weighted by Gasteiger charge is 2.09. The molecule has 0 unspecified atom stereocenters. The van der Waals surface area contributed by atoms with Crippen LogP contribution >= 0.6 is 12.2 Å². The molecule has 0 fully saturated rings. The molecule has 2 amide bonds. The Morgan fingerprint density at radius 2 is 1.62 bits per heavy atom. The SMILES string of the molecule is CCOCCOc1ccc(C(=O)NC(=S)NNC(=O)CCOCC)cc1. The van der Waals surface area contributed by atoms with Crippen LogP contribution in [0.4, 0.5) is 0 Å². The van der Waals surface area contributed by atoms with Gasteiger partial charge in [-0.1, -0.05) is 0 Å². The Labute approximate surface area is 158 Å². The lowest BCUT2D eigenvalue weighted by Gasteiger charge is -2.11. The van der Waals surface area contributed by atoms with Crippen LogP contribution in [-0.4, -0.2) is 50.0 Å². The third-order valence-corrected chi connectivity index (χ3v) is 3.24. The molecule has 0 saturated heterocycles. The number of carbonyl (C=O) groups is 2. The first-order valence-electron chi connectivity index (χ1n) is 8.35. The zero-order valence-electron chi connectivity index (χ0n) is 15.0. The van der Waals surface area contributed by atoms with E-state index in [-0.39, 0.29) is 17.4 Å². The average Bonchev–Trinajstić information content (AvgIpc) is 2.64. The van der Waals surface area contributed by atoms with Gasteiger partial charge in [0.05, 0.1) is 19.6 Å². The molecule has 0 aliphatic rings. The zero-order chi connectivity index (χ0) is 19.2. The van der Waals surface area contributed by atoms with E-state index in [0.717, 1.165) is 0 Å². The number of amides is 2. The lowest BCUT2D eigenvalue weighted by Crippen LogP contribution is -2.48. The molecule has 0 radical (unpaired) electrons. The standard InChI is InChI=1S/C17H25N3O5S/c1-3-23-10-9-15(21)19-20-17(26)18-16(22)13-5-7-14(8-6-13)25-12-11-24-4-2/h5-8H,3-4,9-12H2,1-2H3,(H,19,21)(H2,18,20,22,26). The molecule has 3 N–H and O–H groups in total. The van der Waals surface area contributed by atoms with Gasteiger partial charge in [-0.2, -0.15) is 0 Å². The summed E-state index contributed by atoms with van der Waals surface area (Å²) >= 11 is 4.96. The van der Waals surface area contributed by atoms with Gasteiger partial charge in [0.25, 0.3) is 5.91 Å². The van der Waals surface area contributed by atoms with Gasteiger partial charge in [0.15, 0.2) is 5.11 Å². The molecule has 144 valence electrons. The number of hydrazine groups is 1. The highest BCUT2D eigenvalue weighted by Crippen LogP contribution is 2.12. The molecule has 9 heteroatoms. The number of thiocarbonyl (C=S) groups is 1. The minimum Gasteiger partial charge on any atom is -0.491 e. The summed E-state index contributed by atoms with van der Waals surface area (Å²) < 4.78 is 15.7. The van der Waals surface area contributed by atoms with E-state index >= 15 is 0 Å². The minimum atomic E-state index is -0.396. The fraction of sp³-hybridized carbons (Fsp3) is 0.471. The third-order valence-electron chi connectivity index (χ3n) is 3.04. The summed E-state index contributed by atoms with van der Waals surface area (Å²) in [5.74, 6) is -0.0425. The highest BCUT2D eigenvalue weighted by atomic mass is 32.1. The maximum atomic E-state index is 12.1. The summed E-state index contributed by atoms with van der Waals surface area (Å²) in [6.07, 6.45) is 0.197. The summed E-state index contributed by atoms with van der Waals surface area (Å²) in [5.41, 5.74) is 5.26. The molecule has 1 rings (SSSR count). The molecule has 0 atom stereocenters. The number of carbonyl (C=O) groups excluding carboxylic acids is 2. The molecule has 1 aromatic carbocycles. The van der Waals surface area contributed by atoms with Gasteiger partial charge in [0.1, 0.15) is 12.4 Å². The van der Waals surface area contributed by atoms with Crippen LogP contribution in [0.2, 0.25) is 0 Å². The third kappa shape index (κ3) is 9.30. The average molecular weight is 383 g/mol. The lowest BCUT2D eigenvalue weighted by molar-refractivity contribution is -0.122. The number of hydrogen-bond donors (Lipinski definition) is 3. The van der Waals surface area contributed by atoms with E-state index in [1.165, 1.54) is 0 Å². The van der Waals surface area contributed by atoms with E-state index in [4.69, 9.17) is 26.4 Å². The van der Waals surface area contributed by atoms with E-state index in [1.54, 1.807) is 24.3 Å². The Balaban J connectivity index is 2.33. The molecule has 0 spiro atoms. The van der Waals surface area contributed by atoms with Crippen molar-refractivity contribution in [3.05, 3.63) is 29.8 Å². The van der Waals surface area contributed by atoms with Crippen molar-refractivity contribution in [3.63, 3.8) is 0 Å². The first-order chi connectivity index (χ1) is 12.6. The Kier molecular flexibility index (Phi) is 10.9. The molecule has 0 aliphatic carbocycles. The van der Waals surface area contributed by atoms with Crippen LogP contribution in [0.15, 0.2) is 24.3 Å². The van der Waals surface area contributed by atoms with E-state index in [9.17, 15) is 9.59 Å². The summed E-state index contributed by atoms with van der Waals surface area (Å²) in [6, 6.07) is 6.61. The van der Waals surface area contributed by atoms with Crippen molar-refractivity contribution >= 4 is 29.1 Å². The molecule has 0 heterocycles. The van der Waals surface area contributed by atoms with Crippen LogP contribution in [0, 0.1) is 0 Å². The maximum absolute atomic E-state index is 12.1. The van der Waals surface area contributed by atoms with Crippen molar-refractivity contribution < 1.29 is 23.8 Å². The highest BCUT2D eigenvalue weighted by molar-refractivity contribution is 7.80. The van der Waals surface area contributed by atoms with E-state index < -0.39 is 5.91 Å². The molecular formula is C17H25N3O5S. The molecular weight excluding hydrogens is 358 g/mol. The van der Waals surface area contributed by atoms with Crippen LogP contribution in [-0.2, 0) is 14.3 Å². The van der Waals surface area contributed by atoms with Crippen LogP contribution in [0.1, 0.15) is 30.6 Å². The first-order valence-corrected chi connectivity index (χ1v) is 8.76. The maximum Gasteiger partial charge on any atom is 0.257 e. The molecule has 26 heavy (non-hydrogen) atoms. The predicted molar refractivity (Wildman–Crippen MR) is 101 cm³/mol. The topological polar surface area (TPSA) is 97.9 Å². The fourth-order valence-electron chi connectivity index (χ4n) is 1.77. The van der Waals surface area contributed by atoms with Gasteiger partial charge >= 0.3 is 0 Å². The molecule has 0 saturated carbocycles. The van der Waals surface area contributed by atoms with Crippen molar-refractivity contribution in [1.29, 1.82) is 0 Å². The molecule has 0 aliphatic heterocycles. The molecule has 0 bridgehead atoms. The number of benzene rings is 1. The van der Waals surface area contributed by atoms with Crippen molar-refractivity contribution in [3.8, 4) is 5.75 Å². The number of nitrogens with one attached hydrogen (secondary N) is 3. The van der Waals surface area contributed by atoms with Gasteiger partial charge in [0, 0.05) is 18.8 Å². The van der Waals surface area contributed by atoms with Crippen LogP contribution in [0.25, 0.3) is 0 Å². The fourth-order valence-corrected chi connectivity index (χ4v) is 1.91. The van der Waals surface area contributed by atoms with Crippen LogP contribution < -0.4 is 20.9 Å². The monoisotopic (exact) mass is 383 g/mol. The number of ether oxygens (including phenoxy) is 3. The van der Waals surface area contributed by atoms with Crippen LogP contribution in [0.5, 0.6) is 5.75 Å². The molecule has 1 aromatic rings. The van der Waals surface area contributed by atoms with Crippen molar-refractivity contribution in [2.45, 2.75) is 20.3 Å². The summed E-state index contributed by atoms with van der Waals surface area (Å²) in [6.45, 7) is 6.22. The normalized spacial score (nSPS) is 10.1. The molecule has 8 nitrogen and oxygen atoms in total. The lowest BCUT2D eigenvalue weighted by atomic mass is 10.2. The second-order valence-corrected chi connectivity index (χ2v) is 5.38. The second kappa shape index (κ2) is 13.0. The summed E-state index contributed by atoms with van der Waals surface area (Å²) in [5, 5.41) is 2.47. The second-order valence-electron chi connectivity index (χ2n) is 4.97. The van der Waals surface area contributed by atoms with Crippen LogP contribution in [0.3, 0.4) is 0 Å². The number of rotatable bonds is 10.